The highest BCUT2D eigenvalue weighted by Crippen LogP contribution is 2.35. The maximum atomic E-state index is 13.3. The minimum Gasteiger partial charge on any atom is -0.506 e. The molecule has 0 radical (unpaired) electrons. The largest absolute Gasteiger partial charge is 0.506 e. The van der Waals surface area contributed by atoms with E-state index in [4.69, 9.17) is 5.73 Å². The highest BCUT2D eigenvalue weighted by atomic mass is 19.1. The van der Waals surface area contributed by atoms with Gasteiger partial charge in [0.1, 0.15) is 17.1 Å². The smallest absolute Gasteiger partial charge is 0.267 e. The molecule has 0 aliphatic carbocycles. The van der Waals surface area contributed by atoms with Crippen molar-refractivity contribution in [1.29, 1.82) is 0 Å². The lowest BCUT2D eigenvalue weighted by atomic mass is 9.97. The fraction of sp³-hybridized carbons (Fsp3) is 0.200. The zero-order valence-corrected chi connectivity index (χ0v) is 14.5. The summed E-state index contributed by atoms with van der Waals surface area (Å²) in [6.07, 6.45) is 0. The Morgan fingerprint density at radius 3 is 2.42 bits per heavy atom. The summed E-state index contributed by atoms with van der Waals surface area (Å²) in [5, 5.41) is 11.0. The summed E-state index contributed by atoms with van der Waals surface area (Å²) in [4.78, 5) is 24.5. The van der Waals surface area contributed by atoms with Crippen molar-refractivity contribution in [3.8, 4) is 16.9 Å². The Hall–Kier alpha value is -3.15. The molecule has 1 amide bonds. The van der Waals surface area contributed by atoms with Crippen LogP contribution in [-0.4, -0.2) is 15.6 Å². The number of rotatable bonds is 4. The van der Waals surface area contributed by atoms with Crippen molar-refractivity contribution in [3.63, 3.8) is 0 Å². The van der Waals surface area contributed by atoms with Gasteiger partial charge in [-0.05, 0) is 35.2 Å². The molecule has 0 spiro atoms. The third-order valence-electron chi connectivity index (χ3n) is 4.22. The van der Waals surface area contributed by atoms with E-state index >= 15 is 0 Å². The van der Waals surface area contributed by atoms with Gasteiger partial charge in [0.25, 0.3) is 11.5 Å². The Kier molecular flexibility index (Phi) is 4.50. The number of nitrogens with zero attached hydrogens (tertiary/aromatic N) is 1. The number of halogens is 1. The van der Waals surface area contributed by atoms with E-state index < -0.39 is 22.8 Å². The number of aromatic hydroxyl groups is 1. The summed E-state index contributed by atoms with van der Waals surface area (Å²) >= 11 is 0. The zero-order chi connectivity index (χ0) is 19.0. The normalized spacial score (nSPS) is 11.2. The van der Waals surface area contributed by atoms with E-state index in [2.05, 4.69) is 0 Å². The number of fused-ring (bicyclic) bond motifs is 1. The second-order valence-corrected chi connectivity index (χ2v) is 6.60. The van der Waals surface area contributed by atoms with E-state index in [0.29, 0.717) is 28.6 Å². The van der Waals surface area contributed by atoms with Gasteiger partial charge >= 0.3 is 0 Å². The van der Waals surface area contributed by atoms with Gasteiger partial charge in [-0.25, -0.2) is 4.39 Å². The molecule has 2 aromatic carbocycles. The molecule has 0 aliphatic rings. The first-order valence-electron chi connectivity index (χ1n) is 8.25. The zero-order valence-electron chi connectivity index (χ0n) is 14.5. The lowest BCUT2D eigenvalue weighted by Crippen LogP contribution is -2.31. The number of pyridine rings is 1. The summed E-state index contributed by atoms with van der Waals surface area (Å²) in [6.45, 7) is 4.25. The molecule has 26 heavy (non-hydrogen) atoms. The minimum absolute atomic E-state index is 0.135. The van der Waals surface area contributed by atoms with Gasteiger partial charge in [0.05, 0.1) is 5.52 Å². The van der Waals surface area contributed by atoms with Crippen molar-refractivity contribution in [2.75, 3.05) is 0 Å². The number of carbonyl (C=O) groups excluding carboxylic acids is 1. The fourth-order valence-corrected chi connectivity index (χ4v) is 3.12. The van der Waals surface area contributed by atoms with Gasteiger partial charge < -0.3 is 15.4 Å². The Bertz CT molecular complexity index is 1050. The maximum Gasteiger partial charge on any atom is 0.267 e. The number of primary amides is 1. The molecule has 0 saturated heterocycles. The second kappa shape index (κ2) is 6.63. The molecule has 1 aromatic heterocycles. The monoisotopic (exact) mass is 354 g/mol. The minimum atomic E-state index is -0.985. The number of nitrogens with two attached hydrogens (primary N) is 1. The van der Waals surface area contributed by atoms with Crippen molar-refractivity contribution in [2.24, 2.45) is 11.7 Å². The van der Waals surface area contributed by atoms with Gasteiger partial charge in [-0.1, -0.05) is 38.1 Å². The molecule has 6 heteroatoms. The second-order valence-electron chi connectivity index (χ2n) is 6.60. The van der Waals surface area contributed by atoms with Crippen LogP contribution < -0.4 is 11.3 Å². The first-order valence-corrected chi connectivity index (χ1v) is 8.25. The molecule has 3 rings (SSSR count). The first kappa shape index (κ1) is 17.7. The molecule has 0 atom stereocenters. The van der Waals surface area contributed by atoms with Crippen molar-refractivity contribution in [2.45, 2.75) is 20.4 Å². The third kappa shape index (κ3) is 2.94. The first-order chi connectivity index (χ1) is 12.3. The van der Waals surface area contributed by atoms with Crippen LogP contribution in [0.2, 0.25) is 0 Å². The van der Waals surface area contributed by atoms with Crippen LogP contribution in [0.3, 0.4) is 0 Å². The number of amides is 1. The van der Waals surface area contributed by atoms with Gasteiger partial charge in [-0.15, -0.1) is 0 Å². The highest BCUT2D eigenvalue weighted by Gasteiger charge is 2.22. The van der Waals surface area contributed by atoms with Crippen molar-refractivity contribution in [3.05, 3.63) is 64.2 Å². The van der Waals surface area contributed by atoms with Crippen LogP contribution in [0.1, 0.15) is 24.2 Å². The standard InChI is InChI=1S/C20H19FN2O3/c1-11(2)10-23-15-5-3-4-14(12-6-8-13(21)9-7-12)16(15)18(24)17(19(22)25)20(23)26/h3-9,11,24H,10H2,1-2H3,(H2,22,25). The predicted molar refractivity (Wildman–Crippen MR) is 98.6 cm³/mol. The number of carbonyl (C=O) groups is 1. The summed E-state index contributed by atoms with van der Waals surface area (Å²) < 4.78 is 14.7. The summed E-state index contributed by atoms with van der Waals surface area (Å²) in [5.41, 5.74) is 6.02. The van der Waals surface area contributed by atoms with E-state index in [1.54, 1.807) is 30.3 Å². The van der Waals surface area contributed by atoms with Gasteiger partial charge in [-0.3, -0.25) is 9.59 Å². The quantitative estimate of drug-likeness (QED) is 0.754. The maximum absolute atomic E-state index is 13.3. The van der Waals surface area contributed by atoms with Crippen LogP contribution >= 0.6 is 0 Å². The Labute approximate surface area is 149 Å². The molecular formula is C20H19FN2O3. The van der Waals surface area contributed by atoms with E-state index in [1.165, 1.54) is 16.7 Å². The highest BCUT2D eigenvalue weighted by molar-refractivity contribution is 6.06. The van der Waals surface area contributed by atoms with Crippen LogP contribution in [0.4, 0.5) is 4.39 Å². The van der Waals surface area contributed by atoms with Crippen molar-refractivity contribution in [1.82, 2.24) is 4.57 Å². The van der Waals surface area contributed by atoms with E-state index in [0.717, 1.165) is 0 Å². The van der Waals surface area contributed by atoms with Gasteiger partial charge in [0.2, 0.25) is 0 Å². The number of hydrogen-bond acceptors (Lipinski definition) is 3. The molecule has 5 nitrogen and oxygen atoms in total. The molecule has 0 saturated carbocycles. The van der Waals surface area contributed by atoms with Gasteiger partial charge in [0.15, 0.2) is 0 Å². The molecule has 3 N–H and O–H groups in total. The van der Waals surface area contributed by atoms with Crippen LogP contribution in [0.15, 0.2) is 47.3 Å². The van der Waals surface area contributed by atoms with E-state index in [9.17, 15) is 19.1 Å². The van der Waals surface area contributed by atoms with Crippen molar-refractivity contribution < 1.29 is 14.3 Å². The summed E-state index contributed by atoms with van der Waals surface area (Å²) in [5.74, 6) is -1.68. The van der Waals surface area contributed by atoms with Crippen LogP contribution in [-0.2, 0) is 6.54 Å². The molecule has 0 fully saturated rings. The van der Waals surface area contributed by atoms with E-state index in [1.807, 2.05) is 13.8 Å². The molecule has 3 aromatic rings. The number of aromatic nitrogens is 1. The predicted octanol–water partition coefficient (Wildman–Crippen LogP) is 3.27. The van der Waals surface area contributed by atoms with Crippen LogP contribution in [0.25, 0.3) is 22.0 Å². The molecule has 134 valence electrons. The summed E-state index contributed by atoms with van der Waals surface area (Å²) in [6, 6.07) is 11.0. The fourth-order valence-electron chi connectivity index (χ4n) is 3.12. The van der Waals surface area contributed by atoms with Crippen LogP contribution in [0, 0.1) is 11.7 Å². The third-order valence-corrected chi connectivity index (χ3v) is 4.22. The molecule has 0 unspecified atom stereocenters. The number of hydrogen-bond donors (Lipinski definition) is 2. The van der Waals surface area contributed by atoms with Gasteiger partial charge in [0, 0.05) is 11.9 Å². The lowest BCUT2D eigenvalue weighted by Gasteiger charge is -2.18. The van der Waals surface area contributed by atoms with Crippen molar-refractivity contribution >= 4 is 16.8 Å². The molecule has 0 bridgehead atoms. The Morgan fingerprint density at radius 2 is 1.85 bits per heavy atom. The van der Waals surface area contributed by atoms with E-state index in [-0.39, 0.29) is 11.7 Å². The molecular weight excluding hydrogens is 335 g/mol. The average Bonchev–Trinajstić information content (AvgIpc) is 2.58. The topological polar surface area (TPSA) is 85.3 Å². The Balaban J connectivity index is 2.46. The lowest BCUT2D eigenvalue weighted by molar-refractivity contribution is 0.0996. The van der Waals surface area contributed by atoms with Gasteiger partial charge in [-0.2, -0.15) is 0 Å². The summed E-state index contributed by atoms with van der Waals surface area (Å²) in [7, 11) is 0. The SMILES string of the molecule is CC(C)Cn1c(=O)c(C(N)=O)c(O)c2c(-c3ccc(F)cc3)cccc21. The molecule has 1 heterocycles. The van der Waals surface area contributed by atoms with Crippen LogP contribution in [0.5, 0.6) is 5.75 Å². The average molecular weight is 354 g/mol. The molecule has 0 aliphatic heterocycles. The number of benzene rings is 2. The Morgan fingerprint density at radius 1 is 1.19 bits per heavy atom.